The van der Waals surface area contributed by atoms with Crippen molar-refractivity contribution in [1.82, 2.24) is 19.5 Å². The molecule has 0 fully saturated rings. The number of aliphatic hydroxyl groups is 1. The molecule has 12 nitrogen and oxygen atoms in total. The zero-order chi connectivity index (χ0) is 32.1. The molecule has 230 valence electrons. The summed E-state index contributed by atoms with van der Waals surface area (Å²) < 4.78 is 18.3. The zero-order valence-electron chi connectivity index (χ0n) is 26.3. The van der Waals surface area contributed by atoms with Crippen molar-refractivity contribution >= 4 is 46.2 Å². The van der Waals surface area contributed by atoms with Gasteiger partial charge in [0, 0.05) is 10.9 Å². The van der Waals surface area contributed by atoms with E-state index in [1.54, 1.807) is 93.5 Å². The molecule has 0 aliphatic carbocycles. The fourth-order valence-corrected chi connectivity index (χ4v) is 4.35. The molecule has 43 heavy (non-hydrogen) atoms. The van der Waals surface area contributed by atoms with Gasteiger partial charge in [-0.1, -0.05) is 6.07 Å². The number of aryl methyl sites for hydroxylation is 1. The highest BCUT2D eigenvalue weighted by Gasteiger charge is 2.35. The molecule has 4 aromatic rings. The third kappa shape index (κ3) is 7.14. The first-order chi connectivity index (χ1) is 19.8. The van der Waals surface area contributed by atoms with Crippen LogP contribution in [0.5, 0.6) is 0 Å². The minimum absolute atomic E-state index is 0.116. The number of benzene rings is 1. The average Bonchev–Trinajstić information content (AvgIpc) is 3.39. The fourth-order valence-electron chi connectivity index (χ4n) is 4.35. The molecule has 12 heteroatoms. The molecule has 0 saturated carbocycles. The second-order valence-corrected chi connectivity index (χ2v) is 13.2. The lowest BCUT2D eigenvalue weighted by Gasteiger charge is -2.28. The van der Waals surface area contributed by atoms with Gasteiger partial charge in [0.25, 0.3) is 0 Å². The third-order valence-corrected chi connectivity index (χ3v) is 5.85. The number of pyridine rings is 1. The molecule has 3 heterocycles. The summed E-state index contributed by atoms with van der Waals surface area (Å²) in [6, 6.07) is 8.46. The van der Waals surface area contributed by atoms with Gasteiger partial charge >= 0.3 is 18.3 Å². The van der Waals surface area contributed by atoms with E-state index >= 15 is 0 Å². The van der Waals surface area contributed by atoms with Crippen molar-refractivity contribution in [3.63, 3.8) is 0 Å². The van der Waals surface area contributed by atoms with E-state index in [1.807, 2.05) is 0 Å². The number of aliphatic hydroxyl groups excluding tert-OH is 1. The van der Waals surface area contributed by atoms with Crippen molar-refractivity contribution in [1.29, 1.82) is 0 Å². The number of carbonyl (C=O) groups is 3. The van der Waals surface area contributed by atoms with E-state index in [9.17, 15) is 19.5 Å². The second-order valence-electron chi connectivity index (χ2n) is 13.2. The Bertz CT molecular complexity index is 1690. The average molecular weight is 594 g/mol. The summed E-state index contributed by atoms with van der Waals surface area (Å²) in [6.07, 6.45) is -2.63. The monoisotopic (exact) mass is 593 g/mol. The Balaban J connectivity index is 2.03. The Morgan fingerprint density at radius 2 is 1.44 bits per heavy atom. The highest BCUT2D eigenvalue weighted by molar-refractivity contribution is 6.10. The van der Waals surface area contributed by atoms with E-state index in [0.717, 1.165) is 0 Å². The van der Waals surface area contributed by atoms with E-state index in [2.05, 4.69) is 15.0 Å². The molecular formula is C31H39N5O7. The van der Waals surface area contributed by atoms with Crippen molar-refractivity contribution in [2.24, 2.45) is 0 Å². The van der Waals surface area contributed by atoms with Crippen LogP contribution in [0.15, 0.2) is 30.3 Å². The number of rotatable bonds is 3. The van der Waals surface area contributed by atoms with Gasteiger partial charge in [0.05, 0.1) is 23.3 Å². The standard InChI is InChI=1S/C31H39N5O7/c1-17-32-24-20(22-14-19-13-18(16-37)11-12-21(19)35(22)26(38)41-29(2,3)4)15-23(34-25(24)33-17)36(27(39)42-30(5,6)7)28(40)43-31(8,9)10/h11-15,37H,16H2,1-10H3,(H,32,33,34). The van der Waals surface area contributed by atoms with E-state index in [-0.39, 0.29) is 18.1 Å². The number of anilines is 1. The lowest BCUT2D eigenvalue weighted by atomic mass is 10.1. The number of nitrogens with zero attached hydrogens (tertiary/aromatic N) is 4. The normalized spacial score (nSPS) is 12.4. The van der Waals surface area contributed by atoms with Crippen molar-refractivity contribution in [3.8, 4) is 11.3 Å². The molecular weight excluding hydrogens is 554 g/mol. The predicted molar refractivity (Wildman–Crippen MR) is 162 cm³/mol. The van der Waals surface area contributed by atoms with Crippen LogP contribution < -0.4 is 4.90 Å². The van der Waals surface area contributed by atoms with Gasteiger partial charge in [0.1, 0.15) is 22.6 Å². The molecule has 4 rings (SSSR count). The van der Waals surface area contributed by atoms with Gasteiger partial charge in [-0.15, -0.1) is 0 Å². The summed E-state index contributed by atoms with van der Waals surface area (Å²) in [5.74, 6) is 0.402. The van der Waals surface area contributed by atoms with Crippen LogP contribution in [0.4, 0.5) is 20.2 Å². The number of fused-ring (bicyclic) bond motifs is 2. The molecule has 0 saturated heterocycles. The summed E-state index contributed by atoms with van der Waals surface area (Å²) >= 11 is 0. The summed E-state index contributed by atoms with van der Waals surface area (Å²) in [7, 11) is 0. The largest absolute Gasteiger partial charge is 0.443 e. The molecule has 0 aliphatic heterocycles. The number of aromatic amines is 1. The molecule has 2 amide bonds. The lowest BCUT2D eigenvalue weighted by molar-refractivity contribution is 0.0427. The molecule has 0 bridgehead atoms. The summed E-state index contributed by atoms with van der Waals surface area (Å²) in [5.41, 5.74) is -0.0379. The van der Waals surface area contributed by atoms with Gasteiger partial charge in [-0.25, -0.2) is 28.9 Å². The Kier molecular flexibility index (Phi) is 8.05. The highest BCUT2D eigenvalue weighted by atomic mass is 16.6. The number of carbonyl (C=O) groups excluding carboxylic acids is 3. The molecule has 1 aromatic carbocycles. The van der Waals surface area contributed by atoms with Crippen LogP contribution in [0.2, 0.25) is 0 Å². The zero-order valence-corrected chi connectivity index (χ0v) is 26.3. The molecule has 0 radical (unpaired) electrons. The minimum atomic E-state index is -0.993. The predicted octanol–water partition coefficient (Wildman–Crippen LogP) is 6.84. The number of ether oxygens (including phenoxy) is 3. The number of imide groups is 1. The van der Waals surface area contributed by atoms with Crippen LogP contribution in [0.1, 0.15) is 73.7 Å². The maximum atomic E-state index is 13.7. The molecule has 2 N–H and O–H groups in total. The number of aromatic nitrogens is 4. The topological polar surface area (TPSA) is 149 Å². The van der Waals surface area contributed by atoms with E-state index in [1.165, 1.54) is 10.6 Å². The Morgan fingerprint density at radius 3 is 1.98 bits per heavy atom. The summed E-state index contributed by atoms with van der Waals surface area (Å²) in [6.45, 7) is 16.9. The van der Waals surface area contributed by atoms with Crippen LogP contribution in [-0.4, -0.2) is 59.7 Å². The van der Waals surface area contributed by atoms with Crippen LogP contribution in [-0.2, 0) is 20.8 Å². The third-order valence-electron chi connectivity index (χ3n) is 5.85. The summed E-state index contributed by atoms with van der Waals surface area (Å²) in [5, 5.41) is 10.4. The van der Waals surface area contributed by atoms with Gasteiger partial charge in [-0.05, 0) is 99.1 Å². The van der Waals surface area contributed by atoms with Gasteiger partial charge in [-0.3, -0.25) is 0 Å². The number of H-pyrrole nitrogens is 1. The molecule has 0 aliphatic rings. The van der Waals surface area contributed by atoms with Crippen LogP contribution in [0, 0.1) is 6.92 Å². The van der Waals surface area contributed by atoms with Gasteiger partial charge in [0.2, 0.25) is 0 Å². The van der Waals surface area contributed by atoms with Gasteiger partial charge in [-0.2, -0.15) is 4.90 Å². The molecule has 0 spiro atoms. The van der Waals surface area contributed by atoms with E-state index in [4.69, 9.17) is 14.2 Å². The number of imidazole rings is 1. The SMILES string of the molecule is Cc1nc2nc(N(C(=O)OC(C)(C)C)C(=O)OC(C)(C)C)cc(-c3cc4cc(CO)ccc4n3C(=O)OC(C)(C)C)c2[nH]1. The second kappa shape index (κ2) is 11.0. The number of hydrogen-bond acceptors (Lipinski definition) is 9. The smallest absolute Gasteiger partial charge is 0.425 e. The van der Waals surface area contributed by atoms with Crippen molar-refractivity contribution in [3.05, 3.63) is 41.7 Å². The number of amides is 2. The van der Waals surface area contributed by atoms with Crippen LogP contribution >= 0.6 is 0 Å². The summed E-state index contributed by atoms with van der Waals surface area (Å²) in [4.78, 5) is 53.5. The maximum Gasteiger partial charge on any atom is 0.425 e. The lowest BCUT2D eigenvalue weighted by Crippen LogP contribution is -2.44. The van der Waals surface area contributed by atoms with Crippen molar-refractivity contribution < 1.29 is 33.7 Å². The van der Waals surface area contributed by atoms with E-state index < -0.39 is 35.1 Å². The molecule has 3 aromatic heterocycles. The number of hydrogen-bond donors (Lipinski definition) is 2. The quantitative estimate of drug-likeness (QED) is 0.243. The minimum Gasteiger partial charge on any atom is -0.443 e. The molecule has 0 atom stereocenters. The Morgan fingerprint density at radius 1 is 0.860 bits per heavy atom. The highest BCUT2D eigenvalue weighted by Crippen LogP contribution is 2.36. The Labute approximate surface area is 250 Å². The first-order valence-electron chi connectivity index (χ1n) is 13.9. The van der Waals surface area contributed by atoms with Crippen LogP contribution in [0.3, 0.4) is 0 Å². The maximum absolute atomic E-state index is 13.7. The first kappa shape index (κ1) is 31.5. The van der Waals surface area contributed by atoms with Gasteiger partial charge in [0.15, 0.2) is 11.5 Å². The first-order valence-corrected chi connectivity index (χ1v) is 13.9. The van der Waals surface area contributed by atoms with Crippen molar-refractivity contribution in [2.75, 3.05) is 4.90 Å². The Hall–Kier alpha value is -4.45. The van der Waals surface area contributed by atoms with E-state index in [0.29, 0.717) is 44.0 Å². The number of nitrogens with one attached hydrogen (secondary N) is 1. The van der Waals surface area contributed by atoms with Crippen LogP contribution in [0.25, 0.3) is 33.3 Å². The molecule has 0 unspecified atom stereocenters. The van der Waals surface area contributed by atoms with Gasteiger partial charge < -0.3 is 24.3 Å². The van der Waals surface area contributed by atoms with Crippen molar-refractivity contribution in [2.45, 2.75) is 92.6 Å². The fraction of sp³-hybridized carbons (Fsp3) is 0.452.